The van der Waals surface area contributed by atoms with Gasteiger partial charge in [0.05, 0.1) is 19.6 Å². The number of nitrogens with one attached hydrogen (secondary N) is 2. The maximum Gasteiger partial charge on any atom is 0.329 e. The first-order chi connectivity index (χ1) is 33.3. The van der Waals surface area contributed by atoms with Gasteiger partial charge in [-0.1, -0.05) is 171 Å². The van der Waals surface area contributed by atoms with Crippen LogP contribution in [0.5, 0.6) is 0 Å². The van der Waals surface area contributed by atoms with Gasteiger partial charge in [-0.25, -0.2) is 9.59 Å². The first-order valence-electron chi connectivity index (χ1n) is 27.0. The van der Waals surface area contributed by atoms with Gasteiger partial charge in [-0.3, -0.25) is 19.2 Å². The third-order valence-electron chi connectivity index (χ3n) is 12.1. The Hall–Kier alpha value is -2.56. The fourth-order valence-electron chi connectivity index (χ4n) is 7.68. The van der Waals surface area contributed by atoms with E-state index in [4.69, 9.17) is 18.9 Å². The summed E-state index contributed by atoms with van der Waals surface area (Å²) in [6, 6.07) is -1.91. The molecule has 0 aliphatic carbocycles. The van der Waals surface area contributed by atoms with Gasteiger partial charge in [0.15, 0.2) is 0 Å². The Morgan fingerprint density at radius 3 is 1.16 bits per heavy atom. The van der Waals surface area contributed by atoms with E-state index in [0.29, 0.717) is 51.0 Å². The Morgan fingerprint density at radius 1 is 0.406 bits per heavy atom. The first kappa shape index (κ1) is 66.4. The predicted molar refractivity (Wildman–Crippen MR) is 284 cm³/mol. The van der Waals surface area contributed by atoms with E-state index in [-0.39, 0.29) is 55.9 Å². The number of likely N-dealkylation sites (N-methyl/N-ethyl adjacent to an activating group) is 2. The van der Waals surface area contributed by atoms with Crippen LogP contribution in [0.4, 0.5) is 0 Å². The third kappa shape index (κ3) is 41.7. The summed E-state index contributed by atoms with van der Waals surface area (Å²) < 4.78 is 22.1. The van der Waals surface area contributed by atoms with Crippen LogP contribution in [-0.2, 0) is 47.7 Å². The maximum atomic E-state index is 13.2. The van der Waals surface area contributed by atoms with E-state index in [9.17, 15) is 28.8 Å². The first-order valence-corrected chi connectivity index (χ1v) is 29.5. The lowest BCUT2D eigenvalue weighted by atomic mass is 9.92. The monoisotopic (exact) mass is 1020 g/mol. The molecule has 2 amide bonds. The molecule has 16 heteroatoms. The molecule has 0 spiro atoms. The zero-order valence-electron chi connectivity index (χ0n) is 44.9. The molecule has 0 heterocycles. The van der Waals surface area contributed by atoms with Crippen LogP contribution in [0.2, 0.25) is 0 Å². The number of hydrogen-bond donors (Lipinski definition) is 2. The van der Waals surface area contributed by atoms with Crippen LogP contribution < -0.4 is 10.6 Å². The van der Waals surface area contributed by atoms with Crippen molar-refractivity contribution in [2.24, 2.45) is 11.8 Å². The Bertz CT molecular complexity index is 1310. The summed E-state index contributed by atoms with van der Waals surface area (Å²) in [5.74, 6) is -0.971. The van der Waals surface area contributed by atoms with Gasteiger partial charge >= 0.3 is 23.9 Å². The molecule has 69 heavy (non-hydrogen) atoms. The van der Waals surface area contributed by atoms with Crippen molar-refractivity contribution in [3.8, 4) is 0 Å². The minimum atomic E-state index is -0.996. The van der Waals surface area contributed by atoms with Gasteiger partial charge in [-0.2, -0.15) is 0 Å². The molecule has 0 saturated heterocycles. The van der Waals surface area contributed by atoms with Crippen molar-refractivity contribution in [1.82, 2.24) is 20.4 Å². The van der Waals surface area contributed by atoms with Gasteiger partial charge in [0.1, 0.15) is 25.3 Å². The number of rotatable bonds is 48. The Labute approximate surface area is 427 Å². The fraction of sp³-hybridized carbons (Fsp3) is 0.887. The summed E-state index contributed by atoms with van der Waals surface area (Å²) in [5.41, 5.74) is 0. The molecule has 0 bridgehead atoms. The predicted octanol–water partition coefficient (Wildman–Crippen LogP) is 10.5. The van der Waals surface area contributed by atoms with Crippen molar-refractivity contribution >= 4 is 57.3 Å². The van der Waals surface area contributed by atoms with Crippen molar-refractivity contribution < 1.29 is 47.7 Å². The van der Waals surface area contributed by atoms with Crippen LogP contribution in [0.1, 0.15) is 201 Å². The van der Waals surface area contributed by atoms with E-state index in [1.807, 2.05) is 38.0 Å². The Morgan fingerprint density at radius 2 is 0.768 bits per heavy atom. The minimum absolute atomic E-state index is 0.0979. The quantitative estimate of drug-likeness (QED) is 0.0255. The van der Waals surface area contributed by atoms with Crippen LogP contribution in [-0.4, -0.2) is 137 Å². The molecular weight excluding hydrogens is 917 g/mol. The van der Waals surface area contributed by atoms with Crippen LogP contribution in [0.3, 0.4) is 0 Å². The van der Waals surface area contributed by atoms with Crippen LogP contribution in [0, 0.1) is 11.8 Å². The highest BCUT2D eigenvalue weighted by Crippen LogP contribution is 2.25. The van der Waals surface area contributed by atoms with Gasteiger partial charge < -0.3 is 39.4 Å². The topological polar surface area (TPSA) is 170 Å². The molecule has 2 atom stereocenters. The van der Waals surface area contributed by atoms with E-state index in [1.54, 1.807) is 0 Å². The SMILES string of the molecule is CCCCCC(CCCCC)CCOC(=O)CCCCCCCC(=O)N[C@@H](CSSC[C@H](NC(=O)CCC(=O)OCCC(CCCCC)CCCCC)C(=O)OCCN(C)C)C(=O)OCCN(C)C. The van der Waals surface area contributed by atoms with Gasteiger partial charge in [0.25, 0.3) is 0 Å². The van der Waals surface area contributed by atoms with Crippen LogP contribution in [0.25, 0.3) is 0 Å². The zero-order chi connectivity index (χ0) is 51.3. The second-order valence-corrected chi connectivity index (χ2v) is 21.8. The Balaban J connectivity index is 5.05. The minimum Gasteiger partial charge on any atom is -0.466 e. The smallest absolute Gasteiger partial charge is 0.329 e. The number of unbranched alkanes of at least 4 members (excludes halogenated alkanes) is 12. The fourth-order valence-corrected chi connectivity index (χ4v) is 9.98. The molecule has 0 aromatic heterocycles. The highest BCUT2D eigenvalue weighted by molar-refractivity contribution is 8.76. The van der Waals surface area contributed by atoms with Gasteiger partial charge in [-0.05, 0) is 65.7 Å². The third-order valence-corrected chi connectivity index (χ3v) is 14.6. The van der Waals surface area contributed by atoms with Crippen LogP contribution in [0.15, 0.2) is 0 Å². The summed E-state index contributed by atoms with van der Waals surface area (Å²) in [6.07, 6.45) is 25.4. The Kier molecular flexibility index (Phi) is 44.8. The largest absolute Gasteiger partial charge is 0.466 e. The van der Waals surface area contributed by atoms with Gasteiger partial charge in [0, 0.05) is 43.9 Å². The highest BCUT2D eigenvalue weighted by Gasteiger charge is 2.26. The highest BCUT2D eigenvalue weighted by atomic mass is 33.1. The molecule has 0 aliphatic heterocycles. The molecule has 0 radical (unpaired) electrons. The number of nitrogens with zero attached hydrogens (tertiary/aromatic N) is 2. The lowest BCUT2D eigenvalue weighted by molar-refractivity contribution is -0.148. The number of hydrogen-bond acceptors (Lipinski definition) is 14. The molecule has 0 saturated carbocycles. The van der Waals surface area contributed by atoms with E-state index in [1.165, 1.54) is 111 Å². The lowest BCUT2D eigenvalue weighted by Gasteiger charge is -2.20. The second-order valence-electron chi connectivity index (χ2n) is 19.3. The maximum absolute atomic E-state index is 13.2. The van der Waals surface area contributed by atoms with E-state index in [2.05, 4.69) is 38.3 Å². The number of ether oxygens (including phenoxy) is 4. The molecule has 0 rings (SSSR count). The van der Waals surface area contributed by atoms with Crippen molar-refractivity contribution in [2.45, 2.75) is 213 Å². The number of esters is 4. The molecule has 0 aliphatic rings. The molecular formula is C53H100N4O10S2. The van der Waals surface area contributed by atoms with E-state index < -0.39 is 35.9 Å². The van der Waals surface area contributed by atoms with Crippen molar-refractivity contribution in [1.29, 1.82) is 0 Å². The van der Waals surface area contributed by atoms with Crippen LogP contribution >= 0.6 is 21.6 Å². The average Bonchev–Trinajstić information content (AvgIpc) is 3.30. The van der Waals surface area contributed by atoms with E-state index >= 15 is 0 Å². The number of carbonyl (C=O) groups is 6. The summed E-state index contributed by atoms with van der Waals surface area (Å²) in [4.78, 5) is 81.2. The second kappa shape index (κ2) is 46.5. The number of amides is 2. The lowest BCUT2D eigenvalue weighted by Crippen LogP contribution is -2.45. The van der Waals surface area contributed by atoms with E-state index in [0.717, 1.165) is 51.4 Å². The average molecular weight is 1020 g/mol. The van der Waals surface area contributed by atoms with Crippen molar-refractivity contribution in [3.05, 3.63) is 0 Å². The van der Waals surface area contributed by atoms with Crippen molar-refractivity contribution in [3.63, 3.8) is 0 Å². The molecule has 0 fully saturated rings. The molecule has 0 aromatic carbocycles. The number of carbonyl (C=O) groups excluding carboxylic acids is 6. The molecule has 404 valence electrons. The molecule has 0 aromatic rings. The summed E-state index contributed by atoms with van der Waals surface area (Å²) in [5, 5.41) is 5.59. The standard InChI is InChI=1S/C53H100N4O10S2/c1-9-13-20-26-44(27-21-14-10-2)34-38-64-50(60)31-25-19-17-18-24-30-48(58)54-46(52(62)66-40-36-56(5)6)42-68-69-43-47(53(63)67-41-37-57(7)8)55-49(59)32-33-51(61)65-39-35-45(28-22-15-11-3)29-23-16-12-4/h44-47H,9-43H2,1-8H3,(H,54,58)(H,55,59)/t46-,47-/m0/s1. The summed E-state index contributed by atoms with van der Waals surface area (Å²) >= 11 is 0. The molecule has 0 unspecified atom stereocenters. The molecule has 14 nitrogen and oxygen atoms in total. The summed E-state index contributed by atoms with van der Waals surface area (Å²) in [6.45, 7) is 11.0. The van der Waals surface area contributed by atoms with Crippen molar-refractivity contribution in [2.75, 3.05) is 79.2 Å². The normalized spacial score (nSPS) is 12.3. The van der Waals surface area contributed by atoms with Gasteiger partial charge in [-0.15, -0.1) is 0 Å². The molecule has 2 N–H and O–H groups in total. The van der Waals surface area contributed by atoms with Gasteiger partial charge in [0.2, 0.25) is 11.8 Å². The summed E-state index contributed by atoms with van der Waals surface area (Å²) in [7, 11) is 10.0. The zero-order valence-corrected chi connectivity index (χ0v) is 46.5.